The molecule has 3 heterocycles. The quantitative estimate of drug-likeness (QED) is 0.611. The Kier molecular flexibility index (Phi) is 3.39. The van der Waals surface area contributed by atoms with E-state index in [0.717, 1.165) is 5.56 Å². The van der Waals surface area contributed by atoms with Gasteiger partial charge in [0.15, 0.2) is 0 Å². The first-order valence-electron chi connectivity index (χ1n) is 7.11. The van der Waals surface area contributed by atoms with Crippen molar-refractivity contribution in [1.29, 1.82) is 0 Å². The molecule has 24 heavy (non-hydrogen) atoms. The smallest absolute Gasteiger partial charge is 0.262 e. The van der Waals surface area contributed by atoms with Crippen molar-refractivity contribution in [3.8, 4) is 34.2 Å². The van der Waals surface area contributed by atoms with Gasteiger partial charge in [-0.25, -0.2) is 9.97 Å². The topological polar surface area (TPSA) is 116 Å². The Morgan fingerprint density at radius 2 is 1.83 bits per heavy atom. The van der Waals surface area contributed by atoms with E-state index in [1.165, 1.54) is 0 Å². The third kappa shape index (κ3) is 2.56. The van der Waals surface area contributed by atoms with Crippen molar-refractivity contribution in [3.05, 3.63) is 54.9 Å². The van der Waals surface area contributed by atoms with Gasteiger partial charge < -0.3 is 10.3 Å². The van der Waals surface area contributed by atoms with Gasteiger partial charge in [-0.3, -0.25) is 0 Å². The Morgan fingerprint density at radius 1 is 0.958 bits per heavy atom. The molecule has 0 saturated carbocycles. The number of benzene rings is 1. The molecule has 0 atom stereocenters. The van der Waals surface area contributed by atoms with E-state index in [1.54, 1.807) is 24.5 Å². The summed E-state index contributed by atoms with van der Waals surface area (Å²) >= 11 is 0. The van der Waals surface area contributed by atoms with Crippen LogP contribution in [0.3, 0.4) is 0 Å². The molecule has 0 amide bonds. The lowest BCUT2D eigenvalue weighted by Crippen LogP contribution is -1.98. The summed E-state index contributed by atoms with van der Waals surface area (Å²) in [5.41, 5.74) is 8.34. The molecular weight excluding hydrogens is 306 g/mol. The van der Waals surface area contributed by atoms with Crippen molar-refractivity contribution in [2.24, 2.45) is 0 Å². The number of rotatable bonds is 3. The van der Waals surface area contributed by atoms with Crippen molar-refractivity contribution < 1.29 is 4.52 Å². The summed E-state index contributed by atoms with van der Waals surface area (Å²) in [5.74, 6) is 0.801. The van der Waals surface area contributed by atoms with Gasteiger partial charge in [0.1, 0.15) is 5.69 Å². The van der Waals surface area contributed by atoms with Crippen molar-refractivity contribution in [3.63, 3.8) is 0 Å². The molecule has 8 nitrogen and oxygen atoms in total. The van der Waals surface area contributed by atoms with E-state index in [-0.39, 0.29) is 11.8 Å². The highest BCUT2D eigenvalue weighted by Gasteiger charge is 2.18. The summed E-state index contributed by atoms with van der Waals surface area (Å²) in [7, 11) is 0. The summed E-state index contributed by atoms with van der Waals surface area (Å²) in [4.78, 5) is 12.7. The maximum Gasteiger partial charge on any atom is 0.262 e. The zero-order chi connectivity index (χ0) is 16.4. The van der Waals surface area contributed by atoms with E-state index in [1.807, 2.05) is 30.3 Å². The molecule has 0 fully saturated rings. The second-order valence-corrected chi connectivity index (χ2v) is 4.89. The Morgan fingerprint density at radius 3 is 2.62 bits per heavy atom. The first-order chi connectivity index (χ1) is 11.8. The standard InChI is InChI=1S/C16H11N7O/c17-16-18-9-11(13(20-16)10-5-2-1-3-6-10)15-21-14(23-24-15)12-7-4-8-19-22-12/h1-9H,(H2,17,18,20). The lowest BCUT2D eigenvalue weighted by molar-refractivity contribution is 0.432. The van der Waals surface area contributed by atoms with Crippen LogP contribution < -0.4 is 5.73 Å². The first kappa shape index (κ1) is 13.9. The van der Waals surface area contributed by atoms with Gasteiger partial charge in [0.25, 0.3) is 5.89 Å². The minimum Gasteiger partial charge on any atom is -0.368 e. The Balaban J connectivity index is 1.82. The highest BCUT2D eigenvalue weighted by Crippen LogP contribution is 2.30. The molecule has 2 N–H and O–H groups in total. The molecule has 1 aromatic carbocycles. The molecule has 0 aliphatic carbocycles. The van der Waals surface area contributed by atoms with Crippen molar-refractivity contribution in [2.45, 2.75) is 0 Å². The monoisotopic (exact) mass is 317 g/mol. The Hall–Kier alpha value is -3.68. The van der Waals surface area contributed by atoms with Crippen LogP contribution in [0.15, 0.2) is 59.4 Å². The van der Waals surface area contributed by atoms with Crippen molar-refractivity contribution in [1.82, 2.24) is 30.3 Å². The van der Waals surface area contributed by atoms with Crippen LogP contribution >= 0.6 is 0 Å². The normalized spacial score (nSPS) is 10.7. The number of hydrogen-bond acceptors (Lipinski definition) is 8. The molecule has 4 rings (SSSR count). The largest absolute Gasteiger partial charge is 0.368 e. The number of nitrogens with two attached hydrogens (primary N) is 1. The Bertz CT molecular complexity index is 970. The van der Waals surface area contributed by atoms with E-state index >= 15 is 0 Å². The fourth-order valence-electron chi connectivity index (χ4n) is 2.23. The predicted octanol–water partition coefficient (Wildman–Crippen LogP) is 2.23. The maximum atomic E-state index is 5.73. The van der Waals surface area contributed by atoms with Gasteiger partial charge in [0.2, 0.25) is 11.8 Å². The van der Waals surface area contributed by atoms with Crippen LogP contribution in [0.25, 0.3) is 34.2 Å². The van der Waals surface area contributed by atoms with Gasteiger partial charge in [-0.2, -0.15) is 10.1 Å². The molecule has 0 bridgehead atoms. The third-order valence-electron chi connectivity index (χ3n) is 3.31. The lowest BCUT2D eigenvalue weighted by Gasteiger charge is -2.05. The number of hydrogen-bond donors (Lipinski definition) is 1. The van der Waals surface area contributed by atoms with Gasteiger partial charge in [-0.15, -0.1) is 5.10 Å². The van der Waals surface area contributed by atoms with Crippen LogP contribution in [-0.4, -0.2) is 30.3 Å². The van der Waals surface area contributed by atoms with E-state index in [0.29, 0.717) is 22.8 Å². The fourth-order valence-corrected chi connectivity index (χ4v) is 2.23. The third-order valence-corrected chi connectivity index (χ3v) is 3.31. The molecule has 4 aromatic rings. The molecule has 116 valence electrons. The second kappa shape index (κ2) is 5.84. The molecular formula is C16H11N7O. The minimum atomic E-state index is 0.172. The molecule has 0 aliphatic heterocycles. The van der Waals surface area contributed by atoms with Crippen LogP contribution in [0.5, 0.6) is 0 Å². The number of nitrogens with zero attached hydrogens (tertiary/aromatic N) is 6. The zero-order valence-corrected chi connectivity index (χ0v) is 12.4. The first-order valence-corrected chi connectivity index (χ1v) is 7.11. The van der Waals surface area contributed by atoms with Crippen LogP contribution in [0.4, 0.5) is 5.95 Å². The van der Waals surface area contributed by atoms with Crippen LogP contribution in [-0.2, 0) is 0 Å². The summed E-state index contributed by atoms with van der Waals surface area (Å²) in [6, 6.07) is 13.1. The van der Waals surface area contributed by atoms with Gasteiger partial charge in [-0.1, -0.05) is 35.5 Å². The highest BCUT2D eigenvalue weighted by atomic mass is 16.5. The molecule has 0 saturated heterocycles. The number of aromatic nitrogens is 6. The van der Waals surface area contributed by atoms with Crippen molar-refractivity contribution >= 4 is 5.95 Å². The lowest BCUT2D eigenvalue weighted by atomic mass is 10.1. The summed E-state index contributed by atoms with van der Waals surface area (Å²) in [5, 5.41) is 11.7. The van der Waals surface area contributed by atoms with Gasteiger partial charge >= 0.3 is 0 Å². The van der Waals surface area contributed by atoms with Crippen LogP contribution in [0.2, 0.25) is 0 Å². The predicted molar refractivity (Wildman–Crippen MR) is 86.2 cm³/mol. The fraction of sp³-hybridized carbons (Fsp3) is 0. The SMILES string of the molecule is Nc1ncc(-c2nc(-c3cccnn3)no2)c(-c2ccccc2)n1. The summed E-state index contributed by atoms with van der Waals surface area (Å²) in [6.45, 7) is 0. The van der Waals surface area contributed by atoms with Crippen molar-refractivity contribution in [2.75, 3.05) is 5.73 Å². The number of anilines is 1. The zero-order valence-electron chi connectivity index (χ0n) is 12.4. The molecule has 0 spiro atoms. The van der Waals surface area contributed by atoms with Gasteiger partial charge in [-0.05, 0) is 12.1 Å². The van der Waals surface area contributed by atoms with Gasteiger partial charge in [0.05, 0.1) is 11.3 Å². The van der Waals surface area contributed by atoms with E-state index in [2.05, 4.69) is 30.3 Å². The van der Waals surface area contributed by atoms with E-state index in [4.69, 9.17) is 10.3 Å². The average Bonchev–Trinajstić information content (AvgIpc) is 3.13. The van der Waals surface area contributed by atoms with E-state index < -0.39 is 0 Å². The minimum absolute atomic E-state index is 0.172. The molecule has 0 unspecified atom stereocenters. The maximum absolute atomic E-state index is 5.73. The summed E-state index contributed by atoms with van der Waals surface area (Å²) < 4.78 is 5.36. The number of nitrogen functional groups attached to an aromatic ring is 1. The molecule has 3 aromatic heterocycles. The second-order valence-electron chi connectivity index (χ2n) is 4.89. The Labute approximate surface area is 136 Å². The molecule has 8 heteroatoms. The average molecular weight is 317 g/mol. The van der Waals surface area contributed by atoms with Crippen LogP contribution in [0, 0.1) is 0 Å². The molecule has 0 radical (unpaired) electrons. The van der Waals surface area contributed by atoms with Crippen LogP contribution in [0.1, 0.15) is 0 Å². The van der Waals surface area contributed by atoms with Gasteiger partial charge in [0, 0.05) is 18.0 Å². The molecule has 0 aliphatic rings. The summed E-state index contributed by atoms with van der Waals surface area (Å²) in [6.07, 6.45) is 3.14. The highest BCUT2D eigenvalue weighted by molar-refractivity contribution is 5.77. The van der Waals surface area contributed by atoms with E-state index in [9.17, 15) is 0 Å².